The zero-order valence-corrected chi connectivity index (χ0v) is 13.4. The van der Waals surface area contributed by atoms with Crippen molar-refractivity contribution in [3.8, 4) is 5.69 Å². The number of benzene rings is 2. The summed E-state index contributed by atoms with van der Waals surface area (Å²) in [5, 5.41) is 9.86. The van der Waals surface area contributed by atoms with E-state index in [0.717, 1.165) is 16.3 Å². The van der Waals surface area contributed by atoms with Crippen LogP contribution in [0.1, 0.15) is 0 Å². The Balaban J connectivity index is 1.70. The second kappa shape index (κ2) is 7.02. The zero-order chi connectivity index (χ0) is 16.1. The SMILES string of the molecule is CSc1ccc(NC(=O)Nc2ccnn2-c2ccccc2)cc1. The van der Waals surface area contributed by atoms with Crippen molar-refractivity contribution in [2.24, 2.45) is 0 Å². The van der Waals surface area contributed by atoms with Gasteiger partial charge in [0.05, 0.1) is 11.9 Å². The molecule has 0 unspecified atom stereocenters. The first-order valence-electron chi connectivity index (χ1n) is 7.08. The second-order valence-corrected chi connectivity index (χ2v) is 5.65. The number of urea groups is 1. The quantitative estimate of drug-likeness (QED) is 0.706. The Hall–Kier alpha value is -2.73. The summed E-state index contributed by atoms with van der Waals surface area (Å²) in [6.45, 7) is 0. The standard InChI is InChI=1S/C17H16N4OS/c1-23-15-9-7-13(8-10-15)19-17(22)20-16-11-12-18-21(16)14-5-3-2-4-6-14/h2-12H,1H3,(H2,19,20,22). The molecular formula is C17H16N4OS. The van der Waals surface area contributed by atoms with Crippen molar-refractivity contribution in [3.05, 3.63) is 66.9 Å². The van der Waals surface area contributed by atoms with Crippen LogP contribution in [0.2, 0.25) is 0 Å². The average Bonchev–Trinajstić information content (AvgIpc) is 3.04. The third kappa shape index (κ3) is 3.73. The van der Waals surface area contributed by atoms with Crippen molar-refractivity contribution in [2.75, 3.05) is 16.9 Å². The number of aromatic nitrogens is 2. The van der Waals surface area contributed by atoms with Crippen LogP contribution in [0.25, 0.3) is 5.69 Å². The third-order valence-corrected chi connectivity index (χ3v) is 3.98. The maximum atomic E-state index is 12.1. The van der Waals surface area contributed by atoms with Crippen LogP contribution in [0.4, 0.5) is 16.3 Å². The number of anilines is 2. The summed E-state index contributed by atoms with van der Waals surface area (Å²) in [5.41, 5.74) is 1.63. The minimum Gasteiger partial charge on any atom is -0.308 e. The Morgan fingerprint density at radius 2 is 1.74 bits per heavy atom. The molecule has 0 aliphatic carbocycles. The highest BCUT2D eigenvalue weighted by Gasteiger charge is 2.08. The Bertz CT molecular complexity index is 784. The van der Waals surface area contributed by atoms with E-state index in [1.165, 1.54) is 0 Å². The van der Waals surface area contributed by atoms with Crippen LogP contribution < -0.4 is 10.6 Å². The van der Waals surface area contributed by atoms with Crippen LogP contribution in [-0.2, 0) is 0 Å². The van der Waals surface area contributed by atoms with Crippen molar-refractivity contribution in [2.45, 2.75) is 4.90 Å². The summed E-state index contributed by atoms with van der Waals surface area (Å²) in [6.07, 6.45) is 3.66. The van der Waals surface area contributed by atoms with Crippen LogP contribution in [0.15, 0.2) is 71.8 Å². The van der Waals surface area contributed by atoms with Gasteiger partial charge in [-0.3, -0.25) is 5.32 Å². The lowest BCUT2D eigenvalue weighted by Gasteiger charge is -2.10. The number of carbonyl (C=O) groups is 1. The molecule has 0 bridgehead atoms. The monoisotopic (exact) mass is 324 g/mol. The molecule has 0 aliphatic rings. The van der Waals surface area contributed by atoms with Crippen molar-refractivity contribution < 1.29 is 4.79 Å². The van der Waals surface area contributed by atoms with Crippen molar-refractivity contribution in [1.29, 1.82) is 0 Å². The molecule has 1 aromatic heterocycles. The third-order valence-electron chi connectivity index (χ3n) is 3.23. The number of thioether (sulfide) groups is 1. The second-order valence-electron chi connectivity index (χ2n) is 4.77. The predicted molar refractivity (Wildman–Crippen MR) is 94.4 cm³/mol. The topological polar surface area (TPSA) is 59.0 Å². The minimum absolute atomic E-state index is 0.306. The van der Waals surface area contributed by atoms with Gasteiger partial charge >= 0.3 is 6.03 Å². The number of para-hydroxylation sites is 1. The van der Waals surface area contributed by atoms with Gasteiger partial charge in [0.1, 0.15) is 5.82 Å². The fourth-order valence-corrected chi connectivity index (χ4v) is 2.53. The molecule has 2 amide bonds. The summed E-state index contributed by atoms with van der Waals surface area (Å²) in [4.78, 5) is 13.3. The van der Waals surface area contributed by atoms with Gasteiger partial charge in [-0.2, -0.15) is 5.10 Å². The number of amides is 2. The molecule has 0 fully saturated rings. The van der Waals surface area contributed by atoms with Crippen LogP contribution in [0.3, 0.4) is 0 Å². The van der Waals surface area contributed by atoms with Crippen LogP contribution >= 0.6 is 11.8 Å². The Kier molecular flexibility index (Phi) is 4.63. The van der Waals surface area contributed by atoms with Gasteiger partial charge in [0.2, 0.25) is 0 Å². The predicted octanol–water partition coefficient (Wildman–Crippen LogP) is 4.24. The summed E-state index contributed by atoms with van der Waals surface area (Å²) in [6, 6.07) is 18.8. The van der Waals surface area contributed by atoms with E-state index >= 15 is 0 Å². The summed E-state index contributed by atoms with van der Waals surface area (Å²) in [5.74, 6) is 0.606. The largest absolute Gasteiger partial charge is 0.324 e. The first-order valence-corrected chi connectivity index (χ1v) is 8.30. The maximum absolute atomic E-state index is 12.1. The van der Waals surface area contributed by atoms with Crippen molar-refractivity contribution >= 4 is 29.3 Å². The fourth-order valence-electron chi connectivity index (χ4n) is 2.13. The van der Waals surface area contributed by atoms with Crippen LogP contribution in [0.5, 0.6) is 0 Å². The summed E-state index contributed by atoms with van der Waals surface area (Å²) < 4.78 is 1.68. The van der Waals surface area contributed by atoms with Gasteiger partial charge in [0.15, 0.2) is 0 Å². The number of nitrogens with zero attached hydrogens (tertiary/aromatic N) is 2. The molecule has 3 rings (SSSR count). The van der Waals surface area contributed by atoms with Gasteiger partial charge in [-0.1, -0.05) is 18.2 Å². The molecule has 0 aliphatic heterocycles. The highest BCUT2D eigenvalue weighted by atomic mass is 32.2. The molecule has 0 spiro atoms. The van der Waals surface area contributed by atoms with E-state index in [4.69, 9.17) is 0 Å². The fraction of sp³-hybridized carbons (Fsp3) is 0.0588. The number of hydrogen-bond donors (Lipinski definition) is 2. The van der Waals surface area contributed by atoms with E-state index in [0.29, 0.717) is 5.82 Å². The first-order chi connectivity index (χ1) is 11.3. The zero-order valence-electron chi connectivity index (χ0n) is 12.6. The molecule has 0 atom stereocenters. The molecule has 116 valence electrons. The van der Waals surface area contributed by atoms with Crippen LogP contribution in [-0.4, -0.2) is 22.1 Å². The van der Waals surface area contributed by atoms with Gasteiger partial charge in [-0.15, -0.1) is 11.8 Å². The Labute approximate surface area is 138 Å². The molecule has 23 heavy (non-hydrogen) atoms. The lowest BCUT2D eigenvalue weighted by molar-refractivity contribution is 0.262. The molecule has 1 heterocycles. The smallest absolute Gasteiger partial charge is 0.308 e. The maximum Gasteiger partial charge on any atom is 0.324 e. The van der Waals surface area contributed by atoms with E-state index < -0.39 is 0 Å². The Morgan fingerprint density at radius 1 is 1.00 bits per heavy atom. The van der Waals surface area contributed by atoms with Gasteiger partial charge in [0, 0.05) is 16.6 Å². The highest BCUT2D eigenvalue weighted by Crippen LogP contribution is 2.18. The molecule has 5 nitrogen and oxygen atoms in total. The molecule has 6 heteroatoms. The molecule has 0 radical (unpaired) electrons. The van der Waals surface area contributed by atoms with E-state index in [1.807, 2.05) is 60.9 Å². The van der Waals surface area contributed by atoms with Gasteiger partial charge in [0.25, 0.3) is 0 Å². The van der Waals surface area contributed by atoms with E-state index in [1.54, 1.807) is 28.7 Å². The molecular weight excluding hydrogens is 308 g/mol. The number of carbonyl (C=O) groups excluding carboxylic acids is 1. The van der Waals surface area contributed by atoms with E-state index in [2.05, 4.69) is 15.7 Å². The molecule has 3 aromatic rings. The average molecular weight is 324 g/mol. The number of rotatable bonds is 4. The lowest BCUT2D eigenvalue weighted by Crippen LogP contribution is -2.21. The normalized spacial score (nSPS) is 10.3. The number of nitrogens with one attached hydrogen (secondary N) is 2. The minimum atomic E-state index is -0.306. The number of hydrogen-bond acceptors (Lipinski definition) is 3. The summed E-state index contributed by atoms with van der Waals surface area (Å²) in [7, 11) is 0. The van der Waals surface area contributed by atoms with Crippen molar-refractivity contribution in [3.63, 3.8) is 0 Å². The van der Waals surface area contributed by atoms with E-state index in [9.17, 15) is 4.79 Å². The highest BCUT2D eigenvalue weighted by molar-refractivity contribution is 7.98. The van der Waals surface area contributed by atoms with Gasteiger partial charge in [-0.05, 0) is 42.7 Å². The van der Waals surface area contributed by atoms with Gasteiger partial charge < -0.3 is 5.32 Å². The summed E-state index contributed by atoms with van der Waals surface area (Å²) >= 11 is 1.66. The molecule has 2 aromatic carbocycles. The first kappa shape index (κ1) is 15.2. The van der Waals surface area contributed by atoms with Crippen LogP contribution in [0, 0.1) is 0 Å². The van der Waals surface area contributed by atoms with Gasteiger partial charge in [-0.25, -0.2) is 9.48 Å². The molecule has 0 saturated heterocycles. The van der Waals surface area contributed by atoms with Crippen molar-refractivity contribution in [1.82, 2.24) is 9.78 Å². The molecule has 2 N–H and O–H groups in total. The van der Waals surface area contributed by atoms with E-state index in [-0.39, 0.29) is 6.03 Å². The molecule has 0 saturated carbocycles. The Morgan fingerprint density at radius 3 is 2.43 bits per heavy atom. The lowest BCUT2D eigenvalue weighted by atomic mass is 10.3.